The molecule has 0 aliphatic rings. The predicted octanol–water partition coefficient (Wildman–Crippen LogP) is 3.68. The van der Waals surface area contributed by atoms with E-state index in [1.165, 1.54) is 6.07 Å². The molecule has 2 nitrogen and oxygen atoms in total. The van der Waals surface area contributed by atoms with Crippen molar-refractivity contribution in [1.29, 1.82) is 0 Å². The second-order valence-electron chi connectivity index (χ2n) is 2.56. The van der Waals surface area contributed by atoms with Gasteiger partial charge >= 0.3 is 5.97 Å². The summed E-state index contributed by atoms with van der Waals surface area (Å²) in [5, 5.41) is 9.17. The number of aryl methyl sites for hydroxylation is 1. The van der Waals surface area contributed by atoms with Crippen LogP contribution in [-0.4, -0.2) is 11.1 Å². The van der Waals surface area contributed by atoms with E-state index in [1.807, 2.05) is 6.92 Å². The maximum atomic E-state index is 10.6. The highest BCUT2D eigenvalue weighted by molar-refractivity contribution is 6.44. The molecule has 0 saturated heterocycles. The van der Waals surface area contributed by atoms with Gasteiger partial charge in [0.25, 0.3) is 0 Å². The molecule has 0 atom stereocenters. The zero-order chi connectivity index (χ0) is 10.0. The average molecular weight is 256 g/mol. The van der Waals surface area contributed by atoms with Crippen molar-refractivity contribution in [2.24, 2.45) is 0 Å². The fourth-order valence-corrected chi connectivity index (χ4v) is 1.59. The van der Waals surface area contributed by atoms with Crippen molar-refractivity contribution < 1.29 is 9.90 Å². The molecule has 0 fully saturated rings. The predicted molar refractivity (Wildman–Crippen MR) is 60.0 cm³/mol. The Kier molecular flexibility index (Phi) is 5.27. The van der Waals surface area contributed by atoms with Gasteiger partial charge in [-0.2, -0.15) is 0 Å². The third-order valence-corrected chi connectivity index (χ3v) is 2.69. The van der Waals surface area contributed by atoms with Crippen LogP contribution in [-0.2, 0) is 6.42 Å². The van der Waals surface area contributed by atoms with E-state index < -0.39 is 5.97 Å². The largest absolute Gasteiger partial charge is 0.478 e. The molecule has 0 saturated carbocycles. The Hall–Kier alpha value is -0.440. The quantitative estimate of drug-likeness (QED) is 0.875. The van der Waals surface area contributed by atoms with Crippen molar-refractivity contribution >= 4 is 41.6 Å². The molecule has 0 radical (unpaired) electrons. The number of aromatic carboxylic acids is 1. The molecule has 1 aromatic carbocycles. The number of hydrogen-bond acceptors (Lipinski definition) is 1. The Morgan fingerprint density at radius 3 is 2.36 bits per heavy atom. The van der Waals surface area contributed by atoms with Crippen LogP contribution in [0.1, 0.15) is 22.8 Å². The van der Waals surface area contributed by atoms with Gasteiger partial charge in [0.05, 0.1) is 15.6 Å². The second kappa shape index (κ2) is 5.44. The van der Waals surface area contributed by atoms with Crippen molar-refractivity contribution in [3.8, 4) is 0 Å². The van der Waals surface area contributed by atoms with Crippen LogP contribution < -0.4 is 0 Å². The van der Waals surface area contributed by atoms with E-state index >= 15 is 0 Å². The van der Waals surface area contributed by atoms with Crippen LogP contribution in [0.5, 0.6) is 0 Å². The van der Waals surface area contributed by atoms with E-state index in [4.69, 9.17) is 28.3 Å². The maximum Gasteiger partial charge on any atom is 0.337 e. The van der Waals surface area contributed by atoms with Gasteiger partial charge in [0.1, 0.15) is 0 Å². The third kappa shape index (κ3) is 2.53. The molecule has 1 rings (SSSR count). The molecule has 1 N–H and O–H groups in total. The van der Waals surface area contributed by atoms with Crippen molar-refractivity contribution in [3.63, 3.8) is 0 Å². The molecule has 5 heteroatoms. The number of halogens is 3. The minimum absolute atomic E-state index is 0. The summed E-state index contributed by atoms with van der Waals surface area (Å²) in [4.78, 5) is 10.6. The van der Waals surface area contributed by atoms with Crippen LogP contribution in [0.2, 0.25) is 10.0 Å². The summed E-state index contributed by atoms with van der Waals surface area (Å²) < 4.78 is 0. The smallest absolute Gasteiger partial charge is 0.337 e. The standard InChI is InChI=1S/C9H8Cl2O2.ClH/c1-2-5-3-4-6(9(12)13)8(11)7(5)10;/h3-4H,2H2,1H3,(H,12,13);1H. The van der Waals surface area contributed by atoms with Gasteiger partial charge in [-0.1, -0.05) is 36.2 Å². The molecule has 0 aromatic heterocycles. The molecule has 0 bridgehead atoms. The van der Waals surface area contributed by atoms with E-state index in [2.05, 4.69) is 0 Å². The maximum absolute atomic E-state index is 10.6. The van der Waals surface area contributed by atoms with Crippen LogP contribution in [0.4, 0.5) is 0 Å². The van der Waals surface area contributed by atoms with Crippen molar-refractivity contribution in [3.05, 3.63) is 33.3 Å². The van der Waals surface area contributed by atoms with Gasteiger partial charge in [-0.15, -0.1) is 12.4 Å². The first kappa shape index (κ1) is 13.6. The van der Waals surface area contributed by atoms with Crippen LogP contribution in [0.3, 0.4) is 0 Å². The van der Waals surface area contributed by atoms with Crippen LogP contribution in [0.25, 0.3) is 0 Å². The third-order valence-electron chi connectivity index (χ3n) is 1.77. The zero-order valence-electron chi connectivity index (χ0n) is 7.38. The monoisotopic (exact) mass is 254 g/mol. The SMILES string of the molecule is CCc1ccc(C(=O)O)c(Cl)c1Cl.Cl. The van der Waals surface area contributed by atoms with Gasteiger partial charge in [-0.3, -0.25) is 0 Å². The lowest BCUT2D eigenvalue weighted by atomic mass is 10.1. The minimum Gasteiger partial charge on any atom is -0.478 e. The number of rotatable bonds is 2. The number of carboxylic acid groups (broad SMARTS) is 1. The minimum atomic E-state index is -1.06. The molecule has 14 heavy (non-hydrogen) atoms. The van der Waals surface area contributed by atoms with Crippen molar-refractivity contribution in [2.45, 2.75) is 13.3 Å². The van der Waals surface area contributed by atoms with E-state index in [-0.39, 0.29) is 23.0 Å². The summed E-state index contributed by atoms with van der Waals surface area (Å²) in [6.45, 7) is 1.93. The van der Waals surface area contributed by atoms with Crippen LogP contribution in [0, 0.1) is 0 Å². The molecular formula is C9H9Cl3O2. The lowest BCUT2D eigenvalue weighted by Crippen LogP contribution is -1.98. The topological polar surface area (TPSA) is 37.3 Å². The fourth-order valence-electron chi connectivity index (χ4n) is 1.03. The van der Waals surface area contributed by atoms with Gasteiger partial charge < -0.3 is 5.11 Å². The van der Waals surface area contributed by atoms with Crippen LogP contribution in [0.15, 0.2) is 12.1 Å². The molecule has 0 amide bonds. The number of carboxylic acids is 1. The van der Waals surface area contributed by atoms with E-state index in [9.17, 15) is 4.79 Å². The average Bonchev–Trinajstić information content (AvgIpc) is 2.09. The van der Waals surface area contributed by atoms with Crippen molar-refractivity contribution in [2.75, 3.05) is 0 Å². The van der Waals surface area contributed by atoms with Crippen LogP contribution >= 0.6 is 35.6 Å². The van der Waals surface area contributed by atoms with Gasteiger partial charge in [-0.25, -0.2) is 4.79 Å². The van der Waals surface area contributed by atoms with E-state index in [1.54, 1.807) is 6.07 Å². The Morgan fingerprint density at radius 2 is 1.93 bits per heavy atom. The number of carbonyl (C=O) groups is 1. The molecule has 0 aliphatic carbocycles. The molecule has 1 aromatic rings. The molecule has 0 aliphatic heterocycles. The highest BCUT2D eigenvalue weighted by Crippen LogP contribution is 2.29. The van der Waals surface area contributed by atoms with Gasteiger partial charge in [-0.05, 0) is 18.1 Å². The van der Waals surface area contributed by atoms with E-state index in [0.29, 0.717) is 5.02 Å². The lowest BCUT2D eigenvalue weighted by molar-refractivity contribution is 0.0697. The molecule has 78 valence electrons. The summed E-state index contributed by atoms with van der Waals surface area (Å²) in [7, 11) is 0. The van der Waals surface area contributed by atoms with Crippen molar-refractivity contribution in [1.82, 2.24) is 0 Å². The number of benzene rings is 1. The zero-order valence-corrected chi connectivity index (χ0v) is 9.71. The first-order valence-electron chi connectivity index (χ1n) is 3.78. The second-order valence-corrected chi connectivity index (χ2v) is 3.31. The van der Waals surface area contributed by atoms with Gasteiger partial charge in [0.2, 0.25) is 0 Å². The molecular weight excluding hydrogens is 246 g/mol. The highest BCUT2D eigenvalue weighted by atomic mass is 35.5. The summed E-state index contributed by atoms with van der Waals surface area (Å²) >= 11 is 11.6. The highest BCUT2D eigenvalue weighted by Gasteiger charge is 2.13. The lowest BCUT2D eigenvalue weighted by Gasteiger charge is -2.05. The normalized spacial score (nSPS) is 9.36. The summed E-state index contributed by atoms with van der Waals surface area (Å²) in [6.07, 6.45) is 0.735. The summed E-state index contributed by atoms with van der Waals surface area (Å²) in [5.41, 5.74) is 0.903. The Balaban J connectivity index is 0.00000169. The van der Waals surface area contributed by atoms with E-state index in [0.717, 1.165) is 12.0 Å². The van der Waals surface area contributed by atoms with Gasteiger partial charge in [0, 0.05) is 0 Å². The first-order chi connectivity index (χ1) is 6.07. The van der Waals surface area contributed by atoms with Gasteiger partial charge in [0.15, 0.2) is 0 Å². The Labute approximate surface area is 98.2 Å². The Morgan fingerprint density at radius 1 is 1.36 bits per heavy atom. The number of hydrogen-bond donors (Lipinski definition) is 1. The summed E-state index contributed by atoms with van der Waals surface area (Å²) in [6, 6.07) is 3.15. The molecule has 0 spiro atoms. The molecule has 0 heterocycles. The Bertz CT molecular complexity index is 350. The first-order valence-corrected chi connectivity index (χ1v) is 4.53. The summed E-state index contributed by atoms with van der Waals surface area (Å²) in [5.74, 6) is -1.06. The molecule has 0 unspecified atom stereocenters. The fraction of sp³-hybridized carbons (Fsp3) is 0.222.